The topological polar surface area (TPSA) is 94.2 Å². The van der Waals surface area contributed by atoms with E-state index in [4.69, 9.17) is 14.2 Å². The zero-order chi connectivity index (χ0) is 26.6. The Hall–Kier alpha value is -4.05. The van der Waals surface area contributed by atoms with E-state index in [1.165, 1.54) is 42.8 Å². The molecule has 194 valence electrons. The minimum Gasteiger partial charge on any atom is -0.493 e. The number of anilines is 1. The first kappa shape index (κ1) is 26.0. The number of allylic oxidation sites excluding steroid dienone is 1. The van der Waals surface area contributed by atoms with Crippen molar-refractivity contribution >= 4 is 27.2 Å². The molecule has 37 heavy (non-hydrogen) atoms. The van der Waals surface area contributed by atoms with E-state index in [-0.39, 0.29) is 36.0 Å². The summed E-state index contributed by atoms with van der Waals surface area (Å²) in [6.45, 7) is 1.72. The Morgan fingerprint density at radius 2 is 1.62 bits per heavy atom. The molecule has 0 unspecified atom stereocenters. The molecule has 0 aromatic heterocycles. The summed E-state index contributed by atoms with van der Waals surface area (Å²) >= 11 is 0. The van der Waals surface area contributed by atoms with Gasteiger partial charge in [0, 0.05) is 11.6 Å². The summed E-state index contributed by atoms with van der Waals surface area (Å²) in [5.74, 6) is 0.0689. The summed E-state index contributed by atoms with van der Waals surface area (Å²) in [5.41, 5.74) is 1.96. The van der Waals surface area contributed by atoms with E-state index in [1.807, 2.05) is 30.3 Å². The second-order valence-corrected chi connectivity index (χ2v) is 10.0. The number of sulfonamides is 1. The minimum atomic E-state index is -4.24. The lowest BCUT2D eigenvalue weighted by Gasteiger charge is -2.33. The Morgan fingerprint density at radius 1 is 0.973 bits per heavy atom. The number of fused-ring (bicyclic) bond motifs is 1. The maximum atomic E-state index is 13.8. The molecule has 3 aromatic carbocycles. The standard InChI is InChI=1S/C27H27FN2O6S/c1-18-22-15-24(34-2)25(35-3)16-23(22)30(17-19-7-5-4-6-8-19)37(32,33)26(18)27(31)29-13-14-36-21-11-9-20(28)10-12-21/h4-12,15-16H,13-14,17H2,1-3H3,(H,29,31). The average Bonchev–Trinajstić information content (AvgIpc) is 2.89. The molecule has 1 aliphatic rings. The molecule has 1 aliphatic heterocycles. The number of methoxy groups -OCH3 is 2. The highest BCUT2D eigenvalue weighted by atomic mass is 32.2. The number of carbonyl (C=O) groups is 1. The molecule has 0 fully saturated rings. The number of rotatable bonds is 9. The molecule has 1 heterocycles. The largest absolute Gasteiger partial charge is 0.493 e. The molecule has 1 N–H and O–H groups in total. The highest BCUT2D eigenvalue weighted by Gasteiger charge is 2.40. The van der Waals surface area contributed by atoms with Gasteiger partial charge in [-0.1, -0.05) is 30.3 Å². The number of amides is 1. The van der Waals surface area contributed by atoms with Crippen LogP contribution in [-0.2, 0) is 21.4 Å². The van der Waals surface area contributed by atoms with E-state index >= 15 is 0 Å². The Bertz CT molecular complexity index is 1420. The van der Waals surface area contributed by atoms with Crippen molar-refractivity contribution in [1.29, 1.82) is 0 Å². The first-order valence-electron chi connectivity index (χ1n) is 11.5. The number of nitrogens with zero attached hydrogens (tertiary/aromatic N) is 1. The van der Waals surface area contributed by atoms with Crippen molar-refractivity contribution in [3.05, 3.63) is 88.6 Å². The fraction of sp³-hybridized carbons (Fsp3) is 0.222. The zero-order valence-electron chi connectivity index (χ0n) is 20.7. The molecule has 0 atom stereocenters. The van der Waals surface area contributed by atoms with Crippen LogP contribution in [0.2, 0.25) is 0 Å². The first-order chi connectivity index (χ1) is 17.8. The molecular formula is C27H27FN2O6S. The SMILES string of the molecule is COc1cc2c(cc1OC)N(Cc1ccccc1)S(=O)(=O)C(C(=O)NCCOc1ccc(F)cc1)=C2C. The van der Waals surface area contributed by atoms with Crippen LogP contribution in [0.1, 0.15) is 18.1 Å². The predicted octanol–water partition coefficient (Wildman–Crippen LogP) is 4.12. The van der Waals surface area contributed by atoms with Crippen molar-refractivity contribution in [2.45, 2.75) is 13.5 Å². The maximum absolute atomic E-state index is 13.8. The van der Waals surface area contributed by atoms with Gasteiger partial charge in [0.1, 0.15) is 18.2 Å². The lowest BCUT2D eigenvalue weighted by molar-refractivity contribution is -0.116. The molecule has 0 saturated heterocycles. The third kappa shape index (κ3) is 5.39. The monoisotopic (exact) mass is 526 g/mol. The summed E-state index contributed by atoms with van der Waals surface area (Å²) < 4.78 is 58.3. The molecule has 3 aromatic rings. The molecule has 0 aliphatic carbocycles. The zero-order valence-corrected chi connectivity index (χ0v) is 21.5. The highest BCUT2D eigenvalue weighted by Crippen LogP contribution is 2.45. The average molecular weight is 527 g/mol. The van der Waals surface area contributed by atoms with E-state index in [0.717, 1.165) is 5.56 Å². The van der Waals surface area contributed by atoms with Crippen molar-refractivity contribution in [1.82, 2.24) is 5.32 Å². The number of carbonyl (C=O) groups excluding carboxylic acids is 1. The fourth-order valence-corrected chi connectivity index (χ4v) is 5.83. The van der Waals surface area contributed by atoms with Gasteiger partial charge in [0.25, 0.3) is 15.9 Å². The van der Waals surface area contributed by atoms with E-state index in [1.54, 1.807) is 19.1 Å². The number of nitrogens with one attached hydrogen (secondary N) is 1. The van der Waals surface area contributed by atoms with Gasteiger partial charge in [-0.2, -0.15) is 0 Å². The van der Waals surface area contributed by atoms with E-state index in [9.17, 15) is 17.6 Å². The molecule has 0 saturated carbocycles. The third-order valence-electron chi connectivity index (χ3n) is 5.91. The van der Waals surface area contributed by atoms with Crippen LogP contribution >= 0.6 is 0 Å². The number of benzene rings is 3. The van der Waals surface area contributed by atoms with Gasteiger partial charge in [-0.3, -0.25) is 9.10 Å². The van der Waals surface area contributed by atoms with Gasteiger partial charge in [0.05, 0.1) is 33.0 Å². The number of halogens is 1. The van der Waals surface area contributed by atoms with Crippen LogP contribution in [0.5, 0.6) is 17.2 Å². The Labute approximate surface area is 215 Å². The van der Waals surface area contributed by atoms with Crippen LogP contribution in [0.25, 0.3) is 5.57 Å². The van der Waals surface area contributed by atoms with Crippen LogP contribution in [0.15, 0.2) is 71.6 Å². The van der Waals surface area contributed by atoms with Crippen LogP contribution in [0, 0.1) is 5.82 Å². The molecule has 4 rings (SSSR count). The summed E-state index contributed by atoms with van der Waals surface area (Å²) in [5, 5.41) is 2.63. The Kier molecular flexibility index (Phi) is 7.68. The molecular weight excluding hydrogens is 499 g/mol. The first-order valence-corrected chi connectivity index (χ1v) is 12.9. The maximum Gasteiger partial charge on any atom is 0.270 e. The second-order valence-electron chi connectivity index (χ2n) is 8.23. The molecule has 8 nitrogen and oxygen atoms in total. The van der Waals surface area contributed by atoms with Gasteiger partial charge in [-0.15, -0.1) is 0 Å². The molecule has 10 heteroatoms. The van der Waals surface area contributed by atoms with Crippen molar-refractivity contribution in [3.63, 3.8) is 0 Å². The molecule has 0 radical (unpaired) electrons. The molecule has 0 bridgehead atoms. The number of ether oxygens (including phenoxy) is 3. The van der Waals surface area contributed by atoms with Crippen LogP contribution in [-0.4, -0.2) is 41.7 Å². The van der Waals surface area contributed by atoms with Crippen LogP contribution < -0.4 is 23.8 Å². The second kappa shape index (κ2) is 10.9. The van der Waals surface area contributed by atoms with E-state index in [0.29, 0.717) is 28.5 Å². The number of hydrogen-bond donors (Lipinski definition) is 1. The van der Waals surface area contributed by atoms with Gasteiger partial charge in [-0.25, -0.2) is 12.8 Å². The van der Waals surface area contributed by atoms with Crippen LogP contribution in [0.4, 0.5) is 10.1 Å². The van der Waals surface area contributed by atoms with Gasteiger partial charge in [0.2, 0.25) is 0 Å². The lowest BCUT2D eigenvalue weighted by atomic mass is 10.0. The highest BCUT2D eigenvalue weighted by molar-refractivity contribution is 7.97. The quantitative estimate of drug-likeness (QED) is 0.422. The smallest absolute Gasteiger partial charge is 0.270 e. The van der Waals surface area contributed by atoms with E-state index < -0.39 is 15.9 Å². The molecule has 0 spiro atoms. The van der Waals surface area contributed by atoms with Crippen molar-refractivity contribution < 1.29 is 31.8 Å². The van der Waals surface area contributed by atoms with Gasteiger partial charge in [-0.05, 0) is 48.4 Å². The Morgan fingerprint density at radius 3 is 2.27 bits per heavy atom. The summed E-state index contributed by atoms with van der Waals surface area (Å²) in [7, 11) is -1.28. The third-order valence-corrected chi connectivity index (χ3v) is 7.82. The van der Waals surface area contributed by atoms with Gasteiger partial charge in [0.15, 0.2) is 16.4 Å². The molecule has 1 amide bonds. The summed E-state index contributed by atoms with van der Waals surface area (Å²) in [6.07, 6.45) is 0. The Balaban J connectivity index is 1.66. The predicted molar refractivity (Wildman–Crippen MR) is 139 cm³/mol. The lowest BCUT2D eigenvalue weighted by Crippen LogP contribution is -2.41. The van der Waals surface area contributed by atoms with Crippen LogP contribution in [0.3, 0.4) is 0 Å². The fourth-order valence-electron chi connectivity index (χ4n) is 4.08. The van der Waals surface area contributed by atoms with Gasteiger partial charge >= 0.3 is 0 Å². The normalized spacial score (nSPS) is 14.1. The summed E-state index contributed by atoms with van der Waals surface area (Å²) in [4.78, 5) is 12.9. The minimum absolute atomic E-state index is 0.0173. The van der Waals surface area contributed by atoms with E-state index in [2.05, 4.69) is 5.32 Å². The van der Waals surface area contributed by atoms with Gasteiger partial charge < -0.3 is 19.5 Å². The van der Waals surface area contributed by atoms with Crippen molar-refractivity contribution in [2.24, 2.45) is 0 Å². The van der Waals surface area contributed by atoms with Crippen molar-refractivity contribution in [3.8, 4) is 17.2 Å². The summed E-state index contributed by atoms with van der Waals surface area (Å²) in [6, 6.07) is 17.8. The number of hydrogen-bond acceptors (Lipinski definition) is 6. The van der Waals surface area contributed by atoms with Crippen molar-refractivity contribution in [2.75, 3.05) is 31.7 Å².